The van der Waals surface area contributed by atoms with Crippen molar-refractivity contribution in [2.45, 2.75) is 6.54 Å². The third kappa shape index (κ3) is 6.35. The van der Waals surface area contributed by atoms with E-state index in [2.05, 4.69) is 31.0 Å². The number of para-hydroxylation sites is 1. The lowest BCUT2D eigenvalue weighted by atomic mass is 10.2. The first-order valence-electron chi connectivity index (χ1n) is 9.89. The van der Waals surface area contributed by atoms with Crippen molar-refractivity contribution >= 4 is 33.4 Å². The second-order valence-electron chi connectivity index (χ2n) is 7.42. The number of amides is 2. The van der Waals surface area contributed by atoms with Gasteiger partial charge >= 0.3 is 0 Å². The van der Waals surface area contributed by atoms with Crippen molar-refractivity contribution in [1.29, 1.82) is 0 Å². The van der Waals surface area contributed by atoms with E-state index >= 15 is 0 Å². The fraction of sp³-hybridized carbons (Fsp3) is 0.364. The van der Waals surface area contributed by atoms with Gasteiger partial charge in [-0.1, -0.05) is 30.3 Å². The van der Waals surface area contributed by atoms with Gasteiger partial charge in [-0.2, -0.15) is 0 Å². The van der Waals surface area contributed by atoms with Gasteiger partial charge in [-0.15, -0.1) is 0 Å². The number of nitrogens with one attached hydrogen (secondary N) is 1. The molecule has 0 aromatic heterocycles. The fourth-order valence-electron chi connectivity index (χ4n) is 3.34. The zero-order valence-electron chi connectivity index (χ0n) is 17.0. The zero-order valence-corrected chi connectivity index (χ0v) is 18.6. The molecule has 1 N–H and O–H groups in total. The smallest absolute Gasteiger partial charge is 0.244 e. The fourth-order valence-corrected chi connectivity index (χ4v) is 3.72. The molecule has 6 nitrogen and oxygen atoms in total. The number of hydrogen-bond acceptors (Lipinski definition) is 4. The van der Waals surface area contributed by atoms with E-state index in [0.29, 0.717) is 17.8 Å². The molecule has 8 heteroatoms. The number of carbonyl (C=O) groups is 2. The minimum Gasteiger partial charge on any atom is -0.335 e. The number of benzene rings is 2. The van der Waals surface area contributed by atoms with Gasteiger partial charge in [-0.25, -0.2) is 4.39 Å². The van der Waals surface area contributed by atoms with Crippen molar-refractivity contribution < 1.29 is 14.0 Å². The van der Waals surface area contributed by atoms with Crippen LogP contribution >= 0.6 is 15.9 Å². The predicted octanol–water partition coefficient (Wildman–Crippen LogP) is 2.80. The number of carbonyl (C=O) groups excluding carboxylic acids is 2. The van der Waals surface area contributed by atoms with E-state index in [-0.39, 0.29) is 30.7 Å². The molecule has 2 aromatic rings. The Hall–Kier alpha value is -2.29. The van der Waals surface area contributed by atoms with Crippen molar-refractivity contribution in [1.82, 2.24) is 14.7 Å². The van der Waals surface area contributed by atoms with E-state index < -0.39 is 0 Å². The molecule has 0 spiro atoms. The van der Waals surface area contributed by atoms with Gasteiger partial charge < -0.3 is 10.2 Å². The number of rotatable bonds is 7. The van der Waals surface area contributed by atoms with Gasteiger partial charge in [0, 0.05) is 49.8 Å². The highest BCUT2D eigenvalue weighted by Crippen LogP contribution is 2.21. The molecule has 160 valence electrons. The summed E-state index contributed by atoms with van der Waals surface area (Å²) in [7, 11) is 1.64. The number of likely N-dealkylation sites (N-methyl/N-ethyl adjacent to an activating group) is 1. The second-order valence-corrected chi connectivity index (χ2v) is 8.28. The van der Waals surface area contributed by atoms with E-state index in [1.165, 1.54) is 11.0 Å². The Morgan fingerprint density at radius 1 is 1.03 bits per heavy atom. The second kappa shape index (κ2) is 10.7. The van der Waals surface area contributed by atoms with E-state index in [1.54, 1.807) is 25.2 Å². The molecule has 1 aliphatic rings. The highest BCUT2D eigenvalue weighted by Gasteiger charge is 2.22. The number of nitrogens with zero attached hydrogens (tertiary/aromatic N) is 3. The van der Waals surface area contributed by atoms with E-state index in [1.807, 2.05) is 24.3 Å². The van der Waals surface area contributed by atoms with Gasteiger partial charge in [0.1, 0.15) is 5.82 Å². The lowest BCUT2D eigenvalue weighted by Crippen LogP contribution is -2.50. The Labute approximate surface area is 184 Å². The van der Waals surface area contributed by atoms with Gasteiger partial charge in [-0.05, 0) is 34.1 Å². The van der Waals surface area contributed by atoms with Crippen LogP contribution in [0.1, 0.15) is 5.56 Å². The molecule has 0 atom stereocenters. The SMILES string of the molecule is CN(CC(=O)Nc1ccccc1Br)C(=O)CN1CCN(Cc2ccccc2F)CC1. The standard InChI is InChI=1S/C22H26BrFN4O2/c1-26(15-21(29)25-20-9-5-3-7-18(20)23)22(30)16-28-12-10-27(11-13-28)14-17-6-2-4-8-19(17)24/h2-9H,10-16H2,1H3,(H,25,29). The Kier molecular flexibility index (Phi) is 7.95. The molecule has 1 heterocycles. The minimum atomic E-state index is -0.243. The van der Waals surface area contributed by atoms with Crippen LogP contribution in [0.4, 0.5) is 10.1 Å². The molecule has 0 bridgehead atoms. The van der Waals surface area contributed by atoms with Crippen LogP contribution in [-0.2, 0) is 16.1 Å². The van der Waals surface area contributed by atoms with Crippen LogP contribution in [0, 0.1) is 5.82 Å². The summed E-state index contributed by atoms with van der Waals surface area (Å²) < 4.78 is 14.6. The van der Waals surface area contributed by atoms with Crippen molar-refractivity contribution in [3.8, 4) is 0 Å². The molecule has 2 amide bonds. The average Bonchev–Trinajstić information content (AvgIpc) is 2.72. The van der Waals surface area contributed by atoms with Gasteiger partial charge in [0.15, 0.2) is 0 Å². The van der Waals surface area contributed by atoms with Crippen molar-refractivity contribution in [3.63, 3.8) is 0 Å². The Morgan fingerprint density at radius 3 is 2.37 bits per heavy atom. The number of anilines is 1. The quantitative estimate of drug-likeness (QED) is 0.667. The number of piperazine rings is 1. The predicted molar refractivity (Wildman–Crippen MR) is 119 cm³/mol. The summed E-state index contributed by atoms with van der Waals surface area (Å²) in [5, 5.41) is 2.80. The van der Waals surface area contributed by atoms with Crippen LogP contribution < -0.4 is 5.32 Å². The Balaban J connectivity index is 1.41. The van der Waals surface area contributed by atoms with Gasteiger partial charge in [-0.3, -0.25) is 19.4 Å². The molecule has 1 fully saturated rings. The first-order chi connectivity index (χ1) is 14.4. The molecule has 2 aromatic carbocycles. The molecular weight excluding hydrogens is 451 g/mol. The first-order valence-corrected chi connectivity index (χ1v) is 10.7. The third-order valence-electron chi connectivity index (χ3n) is 5.13. The molecule has 0 radical (unpaired) electrons. The third-order valence-corrected chi connectivity index (χ3v) is 5.82. The Morgan fingerprint density at radius 2 is 1.67 bits per heavy atom. The van der Waals surface area contributed by atoms with Crippen LogP contribution in [0.2, 0.25) is 0 Å². The monoisotopic (exact) mass is 476 g/mol. The summed E-state index contributed by atoms with van der Waals surface area (Å²) in [6, 6.07) is 14.2. The van der Waals surface area contributed by atoms with E-state index in [4.69, 9.17) is 0 Å². The van der Waals surface area contributed by atoms with Crippen LogP contribution in [-0.4, -0.2) is 72.8 Å². The maximum absolute atomic E-state index is 13.8. The topological polar surface area (TPSA) is 55.9 Å². The van der Waals surface area contributed by atoms with E-state index in [9.17, 15) is 14.0 Å². The Bertz CT molecular complexity index is 887. The molecule has 0 aliphatic carbocycles. The maximum atomic E-state index is 13.8. The average molecular weight is 477 g/mol. The van der Waals surface area contributed by atoms with Crippen molar-refractivity contribution in [2.24, 2.45) is 0 Å². The summed E-state index contributed by atoms with van der Waals surface area (Å²) >= 11 is 3.39. The molecule has 0 saturated carbocycles. The molecule has 1 aliphatic heterocycles. The summed E-state index contributed by atoms with van der Waals surface area (Å²) in [5.74, 6) is -0.523. The zero-order chi connectivity index (χ0) is 21.5. The highest BCUT2D eigenvalue weighted by atomic mass is 79.9. The largest absolute Gasteiger partial charge is 0.335 e. The normalized spacial score (nSPS) is 15.0. The summed E-state index contributed by atoms with van der Waals surface area (Å²) in [5.41, 5.74) is 1.37. The molecule has 1 saturated heterocycles. The highest BCUT2D eigenvalue weighted by molar-refractivity contribution is 9.10. The molecular formula is C22H26BrFN4O2. The summed E-state index contributed by atoms with van der Waals surface area (Å²) in [6.45, 7) is 3.85. The van der Waals surface area contributed by atoms with Gasteiger partial charge in [0.25, 0.3) is 0 Å². The summed E-state index contributed by atoms with van der Waals surface area (Å²) in [6.07, 6.45) is 0. The number of hydrogen-bond donors (Lipinski definition) is 1. The molecule has 3 rings (SSSR count). The van der Waals surface area contributed by atoms with Crippen molar-refractivity contribution in [3.05, 3.63) is 64.4 Å². The van der Waals surface area contributed by atoms with Crippen molar-refractivity contribution in [2.75, 3.05) is 51.6 Å². The van der Waals surface area contributed by atoms with Crippen LogP contribution in [0.25, 0.3) is 0 Å². The van der Waals surface area contributed by atoms with Gasteiger partial charge in [0.05, 0.1) is 18.8 Å². The maximum Gasteiger partial charge on any atom is 0.244 e. The van der Waals surface area contributed by atoms with Crippen LogP contribution in [0.3, 0.4) is 0 Å². The first kappa shape index (κ1) is 22.4. The molecule has 30 heavy (non-hydrogen) atoms. The summed E-state index contributed by atoms with van der Waals surface area (Å²) in [4.78, 5) is 30.5. The van der Waals surface area contributed by atoms with E-state index in [0.717, 1.165) is 30.7 Å². The molecule has 0 unspecified atom stereocenters. The van der Waals surface area contributed by atoms with Crippen LogP contribution in [0.15, 0.2) is 53.0 Å². The lowest BCUT2D eigenvalue weighted by Gasteiger charge is -2.35. The number of halogens is 2. The minimum absolute atomic E-state index is 0.00653. The van der Waals surface area contributed by atoms with Crippen LogP contribution in [0.5, 0.6) is 0 Å². The van der Waals surface area contributed by atoms with Gasteiger partial charge in [0.2, 0.25) is 11.8 Å². The lowest BCUT2D eigenvalue weighted by molar-refractivity contribution is -0.134.